The first-order valence-electron chi connectivity index (χ1n) is 15.3. The molecule has 2 heterocycles. The van der Waals surface area contributed by atoms with Gasteiger partial charge in [0.1, 0.15) is 6.10 Å². The molecule has 2 aromatic carbocycles. The minimum absolute atomic E-state index is 0.0251. The van der Waals surface area contributed by atoms with Gasteiger partial charge in [-0.25, -0.2) is 0 Å². The quantitative estimate of drug-likeness (QED) is 0.141. The molecule has 2 aliphatic rings. The normalized spacial score (nSPS) is 20.6. The molecule has 2 fully saturated rings. The highest BCUT2D eigenvalue weighted by Gasteiger charge is 2.29. The molecule has 0 saturated carbocycles. The van der Waals surface area contributed by atoms with Crippen LogP contribution in [-0.4, -0.2) is 63.6 Å². The average Bonchev–Trinajstić information content (AvgIpc) is 3.87. The van der Waals surface area contributed by atoms with Crippen LogP contribution in [0.25, 0.3) is 0 Å². The molecule has 2 saturated heterocycles. The Kier molecular flexibility index (Phi) is 10.7. The van der Waals surface area contributed by atoms with E-state index in [1.807, 2.05) is 0 Å². The zero-order chi connectivity index (χ0) is 29.7. The molecule has 4 unspecified atom stereocenters. The van der Waals surface area contributed by atoms with Gasteiger partial charge in [0.15, 0.2) is 0 Å². The van der Waals surface area contributed by atoms with Gasteiger partial charge in [-0.05, 0) is 70.2 Å². The third-order valence-electron chi connectivity index (χ3n) is 8.48. The molecule has 0 bridgehead atoms. The number of hydrogen-bond acceptors (Lipinski definition) is 6. The van der Waals surface area contributed by atoms with Gasteiger partial charge >= 0.3 is 0 Å². The van der Waals surface area contributed by atoms with Crippen LogP contribution >= 0.6 is 0 Å². The maximum atomic E-state index is 6.22. The number of benzene rings is 2. The Morgan fingerprint density at radius 3 is 1.85 bits per heavy atom. The fraction of sp³-hybridized carbons (Fsp3) is 0.657. The van der Waals surface area contributed by atoms with E-state index in [1.165, 1.54) is 16.7 Å². The van der Waals surface area contributed by atoms with E-state index >= 15 is 0 Å². The average molecular weight is 569 g/mol. The van der Waals surface area contributed by atoms with Crippen LogP contribution in [0.3, 0.4) is 0 Å². The Morgan fingerprint density at radius 1 is 0.707 bits per heavy atom. The van der Waals surface area contributed by atoms with Crippen LogP contribution in [0, 0.1) is 0 Å². The van der Waals surface area contributed by atoms with E-state index < -0.39 is 0 Å². The molecule has 0 spiro atoms. The lowest BCUT2D eigenvalue weighted by atomic mass is 9.77. The molecule has 2 aliphatic heterocycles. The van der Waals surface area contributed by atoms with Crippen molar-refractivity contribution in [2.24, 2.45) is 0 Å². The molecule has 6 heteroatoms. The molecular weight excluding hydrogens is 516 g/mol. The topological polar surface area (TPSA) is 62.0 Å². The summed E-state index contributed by atoms with van der Waals surface area (Å²) in [6.45, 7) is 21.4. The molecule has 0 N–H and O–H groups in total. The Labute approximate surface area is 248 Å². The van der Waals surface area contributed by atoms with Crippen LogP contribution < -0.4 is 0 Å². The molecule has 0 aliphatic carbocycles. The first kappa shape index (κ1) is 32.1. The van der Waals surface area contributed by atoms with E-state index in [1.54, 1.807) is 0 Å². The Morgan fingerprint density at radius 2 is 1.27 bits per heavy atom. The lowest BCUT2D eigenvalue weighted by Gasteiger charge is -2.30. The highest BCUT2D eigenvalue weighted by Crippen LogP contribution is 2.34. The molecule has 0 amide bonds. The monoisotopic (exact) mass is 568 g/mol. The first-order valence-corrected chi connectivity index (χ1v) is 15.3. The van der Waals surface area contributed by atoms with Crippen molar-refractivity contribution in [3.8, 4) is 0 Å². The molecule has 4 atom stereocenters. The van der Waals surface area contributed by atoms with Gasteiger partial charge in [-0.15, -0.1) is 0 Å². The summed E-state index contributed by atoms with van der Waals surface area (Å²) in [6.07, 6.45) is 2.70. The zero-order valence-corrected chi connectivity index (χ0v) is 26.5. The summed E-state index contributed by atoms with van der Waals surface area (Å²) in [5.74, 6) is 0. The van der Waals surface area contributed by atoms with E-state index in [4.69, 9.17) is 28.4 Å². The molecular formula is C35H52O6. The minimum atomic E-state index is -0.389. The van der Waals surface area contributed by atoms with Crippen molar-refractivity contribution in [2.75, 3.05) is 39.6 Å². The summed E-state index contributed by atoms with van der Waals surface area (Å²) in [5.41, 5.74) is 4.15. The van der Waals surface area contributed by atoms with E-state index in [0.29, 0.717) is 32.5 Å². The van der Waals surface area contributed by atoms with Gasteiger partial charge in [-0.1, -0.05) is 62.4 Å². The summed E-state index contributed by atoms with van der Waals surface area (Å²) in [7, 11) is 0. The third-order valence-corrected chi connectivity index (χ3v) is 8.48. The summed E-state index contributed by atoms with van der Waals surface area (Å²) in [6, 6.07) is 17.7. The lowest BCUT2D eigenvalue weighted by molar-refractivity contribution is -0.0627. The second-order valence-corrected chi connectivity index (χ2v) is 13.3. The lowest BCUT2D eigenvalue weighted by Crippen LogP contribution is -2.28. The van der Waals surface area contributed by atoms with Crippen molar-refractivity contribution in [3.63, 3.8) is 0 Å². The maximum Gasteiger partial charge on any atom is 0.104 e. The van der Waals surface area contributed by atoms with E-state index in [-0.39, 0.29) is 34.9 Å². The third kappa shape index (κ3) is 9.87. The van der Waals surface area contributed by atoms with Crippen LogP contribution in [0.1, 0.15) is 96.6 Å². The van der Waals surface area contributed by atoms with E-state index in [9.17, 15) is 0 Å². The van der Waals surface area contributed by atoms with E-state index in [0.717, 1.165) is 31.6 Å². The summed E-state index contributed by atoms with van der Waals surface area (Å²) in [4.78, 5) is 0. The Bertz CT molecular complexity index is 1070. The highest BCUT2D eigenvalue weighted by molar-refractivity contribution is 5.40. The Hall–Kier alpha value is -1.80. The van der Waals surface area contributed by atoms with E-state index in [2.05, 4.69) is 104 Å². The van der Waals surface area contributed by atoms with Gasteiger partial charge in [0.05, 0.1) is 69.2 Å². The second-order valence-electron chi connectivity index (χ2n) is 13.3. The molecule has 0 aromatic heterocycles. The predicted octanol–water partition coefficient (Wildman–Crippen LogP) is 7.12. The molecule has 41 heavy (non-hydrogen) atoms. The molecule has 228 valence electrons. The molecule has 6 nitrogen and oxygen atoms in total. The fourth-order valence-electron chi connectivity index (χ4n) is 5.03. The molecule has 0 radical (unpaired) electrons. The van der Waals surface area contributed by atoms with Crippen molar-refractivity contribution >= 4 is 0 Å². The highest BCUT2D eigenvalue weighted by atomic mass is 16.6. The van der Waals surface area contributed by atoms with Crippen molar-refractivity contribution in [1.29, 1.82) is 0 Å². The van der Waals surface area contributed by atoms with Crippen molar-refractivity contribution in [1.82, 2.24) is 0 Å². The van der Waals surface area contributed by atoms with Gasteiger partial charge in [-0.3, -0.25) is 0 Å². The smallest absolute Gasteiger partial charge is 0.104 e. The van der Waals surface area contributed by atoms with Crippen LogP contribution in [0.5, 0.6) is 0 Å². The SMILES string of the molecule is CC(CC1CO1)OCCOC(C)(C)c1ccc(C(C)(C)c2ccc(C(C)OCCC(C)(C)OCC3CO3)cc2)cc1. The molecule has 4 rings (SSSR count). The number of epoxide rings is 2. The summed E-state index contributed by atoms with van der Waals surface area (Å²) < 4.78 is 34.8. The van der Waals surface area contributed by atoms with Crippen LogP contribution in [0.2, 0.25) is 0 Å². The zero-order valence-electron chi connectivity index (χ0n) is 26.5. The van der Waals surface area contributed by atoms with Crippen molar-refractivity contribution < 1.29 is 28.4 Å². The van der Waals surface area contributed by atoms with Crippen LogP contribution in [0.4, 0.5) is 0 Å². The fourth-order valence-corrected chi connectivity index (χ4v) is 5.03. The van der Waals surface area contributed by atoms with Gasteiger partial charge in [0, 0.05) is 11.8 Å². The molecule has 2 aromatic rings. The largest absolute Gasteiger partial charge is 0.376 e. The standard InChI is InChI=1S/C35H52O6/c1-25(21-31-22-38-31)36-19-20-40-35(7,8)30-15-13-29(14-16-30)34(5,6)28-11-9-27(10-12-28)26(2)37-18-17-33(3,4)41-24-32-23-39-32/h9-16,25-26,31-32H,17-24H2,1-8H3. The first-order chi connectivity index (χ1) is 19.4. The number of ether oxygens (including phenoxy) is 6. The summed E-state index contributed by atoms with van der Waals surface area (Å²) >= 11 is 0. The Balaban J connectivity index is 1.25. The van der Waals surface area contributed by atoms with Crippen LogP contribution in [-0.2, 0) is 39.4 Å². The van der Waals surface area contributed by atoms with Gasteiger partial charge in [0.2, 0.25) is 0 Å². The maximum absolute atomic E-state index is 6.22. The minimum Gasteiger partial charge on any atom is -0.376 e. The van der Waals surface area contributed by atoms with Crippen molar-refractivity contribution in [2.45, 2.75) is 109 Å². The van der Waals surface area contributed by atoms with Crippen LogP contribution in [0.15, 0.2) is 48.5 Å². The predicted molar refractivity (Wildman–Crippen MR) is 163 cm³/mol. The van der Waals surface area contributed by atoms with Gasteiger partial charge in [0.25, 0.3) is 0 Å². The van der Waals surface area contributed by atoms with Gasteiger partial charge in [-0.2, -0.15) is 0 Å². The number of rotatable bonds is 18. The van der Waals surface area contributed by atoms with Gasteiger partial charge < -0.3 is 28.4 Å². The van der Waals surface area contributed by atoms with Crippen molar-refractivity contribution in [3.05, 3.63) is 70.8 Å². The second kappa shape index (κ2) is 13.7. The number of hydrogen-bond donors (Lipinski definition) is 0. The summed E-state index contributed by atoms with van der Waals surface area (Å²) in [5, 5.41) is 0.